The first-order chi connectivity index (χ1) is 12.8. The zero-order chi connectivity index (χ0) is 17.8. The summed E-state index contributed by atoms with van der Waals surface area (Å²) in [5.41, 5.74) is 3.58. The van der Waals surface area contributed by atoms with Crippen molar-refractivity contribution in [1.82, 2.24) is 9.97 Å². The Kier molecular flexibility index (Phi) is 4.61. The molecule has 2 heterocycles. The summed E-state index contributed by atoms with van der Waals surface area (Å²) < 4.78 is 5.36. The van der Waals surface area contributed by atoms with E-state index in [0.29, 0.717) is 24.6 Å². The minimum absolute atomic E-state index is 0.186. The van der Waals surface area contributed by atoms with Crippen molar-refractivity contribution in [2.24, 2.45) is 5.10 Å². The number of aromatic hydroxyl groups is 1. The lowest BCUT2D eigenvalue weighted by atomic mass is 10.0. The molecule has 7 nitrogen and oxygen atoms in total. The molecule has 0 atom stereocenters. The summed E-state index contributed by atoms with van der Waals surface area (Å²) in [7, 11) is 0. The van der Waals surface area contributed by atoms with Crippen molar-refractivity contribution in [3.8, 4) is 5.75 Å². The van der Waals surface area contributed by atoms with Gasteiger partial charge in [-0.1, -0.05) is 30.3 Å². The van der Waals surface area contributed by atoms with Gasteiger partial charge in [0.15, 0.2) is 5.82 Å². The van der Waals surface area contributed by atoms with Crippen LogP contribution in [0.1, 0.15) is 5.56 Å². The first kappa shape index (κ1) is 16.3. The summed E-state index contributed by atoms with van der Waals surface area (Å²) in [4.78, 5) is 10.7. The minimum Gasteiger partial charge on any atom is -0.507 e. The van der Waals surface area contributed by atoms with E-state index in [1.54, 1.807) is 12.3 Å². The van der Waals surface area contributed by atoms with E-state index in [1.807, 2.05) is 36.4 Å². The van der Waals surface area contributed by atoms with Gasteiger partial charge in [0.2, 0.25) is 0 Å². The first-order valence-corrected chi connectivity index (χ1v) is 8.46. The molecule has 0 bridgehead atoms. The van der Waals surface area contributed by atoms with Gasteiger partial charge in [0.05, 0.1) is 19.4 Å². The second kappa shape index (κ2) is 7.37. The molecule has 0 amide bonds. The van der Waals surface area contributed by atoms with Gasteiger partial charge in [-0.3, -0.25) is 5.43 Å². The molecule has 0 radical (unpaired) electrons. The number of anilines is 2. The molecule has 2 N–H and O–H groups in total. The Hall–Kier alpha value is -3.19. The highest BCUT2D eigenvalue weighted by Gasteiger charge is 2.12. The summed E-state index contributed by atoms with van der Waals surface area (Å²) >= 11 is 0. The predicted molar refractivity (Wildman–Crippen MR) is 102 cm³/mol. The molecule has 0 aliphatic carbocycles. The number of nitrogens with one attached hydrogen (secondary N) is 1. The highest BCUT2D eigenvalue weighted by Crippen LogP contribution is 2.25. The number of hydrogen-bond donors (Lipinski definition) is 2. The lowest BCUT2D eigenvalue weighted by Crippen LogP contribution is -2.36. The maximum atomic E-state index is 10.2. The number of rotatable bonds is 4. The van der Waals surface area contributed by atoms with Crippen LogP contribution in [0, 0.1) is 0 Å². The molecule has 4 rings (SSSR count). The highest BCUT2D eigenvalue weighted by atomic mass is 16.5. The van der Waals surface area contributed by atoms with Crippen LogP contribution >= 0.6 is 0 Å². The molecule has 1 aromatic heterocycles. The quantitative estimate of drug-likeness (QED) is 0.556. The topological polar surface area (TPSA) is 82.9 Å². The molecule has 0 saturated carbocycles. The van der Waals surface area contributed by atoms with E-state index >= 15 is 0 Å². The average Bonchev–Trinajstić information content (AvgIpc) is 2.70. The Labute approximate surface area is 151 Å². The van der Waals surface area contributed by atoms with Crippen LogP contribution in [-0.4, -0.2) is 47.6 Å². The molecule has 26 heavy (non-hydrogen) atoms. The third kappa shape index (κ3) is 3.43. The summed E-state index contributed by atoms with van der Waals surface area (Å²) in [6.07, 6.45) is 3.12. The third-order valence-corrected chi connectivity index (χ3v) is 4.31. The zero-order valence-corrected chi connectivity index (χ0v) is 14.2. The van der Waals surface area contributed by atoms with Crippen molar-refractivity contribution in [2.45, 2.75) is 0 Å². The van der Waals surface area contributed by atoms with Gasteiger partial charge < -0.3 is 14.7 Å². The lowest BCUT2D eigenvalue weighted by molar-refractivity contribution is 0.122. The Bertz CT molecular complexity index is 938. The van der Waals surface area contributed by atoms with Gasteiger partial charge in [-0.25, -0.2) is 9.97 Å². The van der Waals surface area contributed by atoms with Gasteiger partial charge in [0.25, 0.3) is 0 Å². The summed E-state index contributed by atoms with van der Waals surface area (Å²) in [5.74, 6) is 1.62. The Morgan fingerprint density at radius 1 is 1.12 bits per heavy atom. The van der Waals surface area contributed by atoms with Crippen LogP contribution in [0.5, 0.6) is 5.75 Å². The second-order valence-electron chi connectivity index (χ2n) is 5.95. The molecule has 1 saturated heterocycles. The Morgan fingerprint density at radius 3 is 2.85 bits per heavy atom. The molecule has 2 aromatic carbocycles. The normalized spacial score (nSPS) is 14.8. The number of morpholine rings is 1. The smallest absolute Gasteiger partial charge is 0.151 e. The van der Waals surface area contributed by atoms with Crippen LogP contribution in [0.4, 0.5) is 11.6 Å². The Morgan fingerprint density at radius 2 is 1.96 bits per heavy atom. The number of nitrogens with zero attached hydrogens (tertiary/aromatic N) is 4. The average molecular weight is 349 g/mol. The van der Waals surface area contributed by atoms with Crippen LogP contribution in [0.3, 0.4) is 0 Å². The highest BCUT2D eigenvalue weighted by molar-refractivity contribution is 6.02. The first-order valence-electron chi connectivity index (χ1n) is 8.46. The largest absolute Gasteiger partial charge is 0.507 e. The minimum atomic E-state index is 0.186. The number of fused-ring (bicyclic) bond motifs is 1. The SMILES string of the molecule is Oc1ccc2ccccc2c1C=NNc1cc(N2CCOCC2)ncn1. The van der Waals surface area contributed by atoms with Crippen LogP contribution in [-0.2, 0) is 4.74 Å². The van der Waals surface area contributed by atoms with Gasteiger partial charge in [-0.15, -0.1) is 0 Å². The van der Waals surface area contributed by atoms with Crippen molar-refractivity contribution in [1.29, 1.82) is 0 Å². The Balaban J connectivity index is 1.53. The van der Waals surface area contributed by atoms with Crippen LogP contribution in [0.25, 0.3) is 10.8 Å². The van der Waals surface area contributed by atoms with E-state index in [4.69, 9.17) is 4.74 Å². The molecule has 3 aromatic rings. The number of hydrogen-bond acceptors (Lipinski definition) is 7. The molecule has 1 aliphatic rings. The molecule has 1 fully saturated rings. The number of aromatic nitrogens is 2. The van der Waals surface area contributed by atoms with Crippen molar-refractivity contribution in [2.75, 3.05) is 36.6 Å². The summed E-state index contributed by atoms with van der Waals surface area (Å²) in [6.45, 7) is 3.02. The van der Waals surface area contributed by atoms with Gasteiger partial charge in [0, 0.05) is 24.7 Å². The van der Waals surface area contributed by atoms with Crippen LogP contribution < -0.4 is 10.3 Å². The van der Waals surface area contributed by atoms with Crippen LogP contribution in [0.15, 0.2) is 53.9 Å². The molecular formula is C19H19N5O2. The van der Waals surface area contributed by atoms with E-state index < -0.39 is 0 Å². The fraction of sp³-hybridized carbons (Fsp3) is 0.211. The fourth-order valence-electron chi connectivity index (χ4n) is 2.96. The molecule has 7 heteroatoms. The molecule has 0 spiro atoms. The van der Waals surface area contributed by atoms with E-state index in [1.165, 1.54) is 6.33 Å². The standard InChI is InChI=1S/C19H19N5O2/c25-17-6-5-14-3-1-2-4-15(14)16(17)12-22-23-18-11-19(21-13-20-18)24-7-9-26-10-8-24/h1-6,11-13,25H,7-10H2,(H,20,21,23). The number of benzene rings is 2. The molecule has 1 aliphatic heterocycles. The predicted octanol–water partition coefficient (Wildman–Crippen LogP) is 2.62. The third-order valence-electron chi connectivity index (χ3n) is 4.31. The van der Waals surface area contributed by atoms with Gasteiger partial charge >= 0.3 is 0 Å². The maximum Gasteiger partial charge on any atom is 0.151 e. The number of hydrazone groups is 1. The monoisotopic (exact) mass is 349 g/mol. The van der Waals surface area contributed by atoms with Gasteiger partial charge in [0.1, 0.15) is 17.9 Å². The number of phenolic OH excluding ortho intramolecular Hbond substituents is 1. The zero-order valence-electron chi connectivity index (χ0n) is 14.2. The fourth-order valence-corrected chi connectivity index (χ4v) is 2.96. The van der Waals surface area contributed by atoms with Crippen molar-refractivity contribution < 1.29 is 9.84 Å². The molecule has 132 valence electrons. The number of phenols is 1. The molecular weight excluding hydrogens is 330 g/mol. The summed E-state index contributed by atoms with van der Waals surface area (Å²) in [6, 6.07) is 13.3. The lowest BCUT2D eigenvalue weighted by Gasteiger charge is -2.27. The maximum absolute atomic E-state index is 10.2. The van der Waals surface area contributed by atoms with E-state index in [9.17, 15) is 5.11 Å². The van der Waals surface area contributed by atoms with E-state index in [0.717, 1.165) is 29.7 Å². The second-order valence-corrected chi connectivity index (χ2v) is 5.95. The van der Waals surface area contributed by atoms with Gasteiger partial charge in [-0.2, -0.15) is 5.10 Å². The summed E-state index contributed by atoms with van der Waals surface area (Å²) in [5, 5.41) is 16.4. The van der Waals surface area contributed by atoms with Crippen molar-refractivity contribution >= 4 is 28.6 Å². The number of ether oxygens (including phenoxy) is 1. The molecule has 0 unspecified atom stereocenters. The van der Waals surface area contributed by atoms with E-state index in [2.05, 4.69) is 25.4 Å². The van der Waals surface area contributed by atoms with E-state index in [-0.39, 0.29) is 5.75 Å². The van der Waals surface area contributed by atoms with Crippen molar-refractivity contribution in [3.63, 3.8) is 0 Å². The van der Waals surface area contributed by atoms with Crippen molar-refractivity contribution in [3.05, 3.63) is 54.4 Å². The van der Waals surface area contributed by atoms with Gasteiger partial charge in [-0.05, 0) is 16.8 Å². The van der Waals surface area contributed by atoms with Crippen LogP contribution in [0.2, 0.25) is 0 Å².